The zero-order valence-electron chi connectivity index (χ0n) is 4.63. The lowest BCUT2D eigenvalue weighted by Gasteiger charge is -2.04. The number of carbonyl (C=O) groups excluding carboxylic acids is 1. The van der Waals surface area contributed by atoms with Crippen molar-refractivity contribution in [3.8, 4) is 0 Å². The van der Waals surface area contributed by atoms with Crippen LogP contribution >= 0.6 is 0 Å². The highest BCUT2D eigenvalue weighted by molar-refractivity contribution is 5.55. The van der Waals surface area contributed by atoms with Crippen molar-refractivity contribution in [3.05, 3.63) is 0 Å². The Balaban J connectivity index is 2.41. The summed E-state index contributed by atoms with van der Waals surface area (Å²) in [7, 11) is 0. The summed E-state index contributed by atoms with van der Waals surface area (Å²) >= 11 is 0. The van der Waals surface area contributed by atoms with Crippen LogP contribution in [0.4, 0.5) is 0 Å². The SMILES string of the molecule is NC1NCCC1C=O. The van der Waals surface area contributed by atoms with E-state index in [9.17, 15) is 4.79 Å². The zero-order valence-corrected chi connectivity index (χ0v) is 4.63. The lowest BCUT2D eigenvalue weighted by molar-refractivity contribution is -0.111. The third kappa shape index (κ3) is 0.877. The van der Waals surface area contributed by atoms with Gasteiger partial charge in [-0.15, -0.1) is 0 Å². The highest BCUT2D eigenvalue weighted by Crippen LogP contribution is 2.06. The van der Waals surface area contributed by atoms with Crippen LogP contribution in [0.25, 0.3) is 0 Å². The summed E-state index contributed by atoms with van der Waals surface area (Å²) in [6.07, 6.45) is 1.72. The first-order valence-corrected chi connectivity index (χ1v) is 2.79. The second-order valence-electron chi connectivity index (χ2n) is 2.07. The van der Waals surface area contributed by atoms with Gasteiger partial charge in [0, 0.05) is 5.92 Å². The average molecular weight is 114 g/mol. The Morgan fingerprint density at radius 2 is 2.50 bits per heavy atom. The average Bonchev–Trinajstić information content (AvgIpc) is 2.14. The first-order chi connectivity index (χ1) is 3.84. The van der Waals surface area contributed by atoms with Gasteiger partial charge in [-0.3, -0.25) is 0 Å². The van der Waals surface area contributed by atoms with Gasteiger partial charge in [0.2, 0.25) is 0 Å². The Hall–Kier alpha value is -0.410. The number of rotatable bonds is 1. The molecule has 1 heterocycles. The van der Waals surface area contributed by atoms with Gasteiger partial charge in [-0.25, -0.2) is 0 Å². The lowest BCUT2D eigenvalue weighted by Crippen LogP contribution is -2.36. The van der Waals surface area contributed by atoms with E-state index in [1.807, 2.05) is 0 Å². The number of nitrogens with one attached hydrogen (secondary N) is 1. The molecule has 1 aliphatic rings. The minimum Gasteiger partial charge on any atom is -0.315 e. The Morgan fingerprint density at radius 1 is 1.75 bits per heavy atom. The molecule has 0 saturated carbocycles. The molecule has 2 unspecified atom stereocenters. The molecule has 0 aromatic rings. The Morgan fingerprint density at radius 3 is 2.75 bits per heavy atom. The molecule has 1 rings (SSSR count). The van der Waals surface area contributed by atoms with Crippen molar-refractivity contribution in [2.45, 2.75) is 12.6 Å². The van der Waals surface area contributed by atoms with Crippen LogP contribution in [0.2, 0.25) is 0 Å². The topological polar surface area (TPSA) is 55.1 Å². The van der Waals surface area contributed by atoms with Crippen molar-refractivity contribution in [1.82, 2.24) is 5.32 Å². The van der Waals surface area contributed by atoms with Crippen LogP contribution in [0, 0.1) is 5.92 Å². The molecule has 0 aromatic carbocycles. The summed E-state index contributed by atoms with van der Waals surface area (Å²) in [4.78, 5) is 10.1. The van der Waals surface area contributed by atoms with Gasteiger partial charge in [0.25, 0.3) is 0 Å². The maximum absolute atomic E-state index is 10.1. The predicted molar refractivity (Wildman–Crippen MR) is 30.1 cm³/mol. The molecule has 3 heteroatoms. The fourth-order valence-electron chi connectivity index (χ4n) is 0.900. The second-order valence-corrected chi connectivity index (χ2v) is 2.07. The maximum atomic E-state index is 10.1. The largest absolute Gasteiger partial charge is 0.315 e. The molecular formula is C5H10N2O. The molecule has 0 aliphatic carbocycles. The summed E-state index contributed by atoms with van der Waals surface area (Å²) < 4.78 is 0. The van der Waals surface area contributed by atoms with E-state index in [2.05, 4.69) is 5.32 Å². The number of carbonyl (C=O) groups is 1. The maximum Gasteiger partial charge on any atom is 0.126 e. The van der Waals surface area contributed by atoms with Crippen LogP contribution < -0.4 is 11.1 Å². The van der Waals surface area contributed by atoms with Gasteiger partial charge in [0.15, 0.2) is 0 Å². The van der Waals surface area contributed by atoms with Gasteiger partial charge in [-0.2, -0.15) is 0 Å². The molecule has 0 radical (unpaired) electrons. The zero-order chi connectivity index (χ0) is 5.98. The van der Waals surface area contributed by atoms with Crippen LogP contribution in [0.1, 0.15) is 6.42 Å². The van der Waals surface area contributed by atoms with Gasteiger partial charge >= 0.3 is 0 Å². The number of nitrogens with two attached hydrogens (primary N) is 1. The molecule has 46 valence electrons. The molecule has 0 amide bonds. The molecule has 1 saturated heterocycles. The van der Waals surface area contributed by atoms with Crippen molar-refractivity contribution in [1.29, 1.82) is 0 Å². The van der Waals surface area contributed by atoms with E-state index in [-0.39, 0.29) is 12.1 Å². The minimum absolute atomic E-state index is 0.0509. The van der Waals surface area contributed by atoms with E-state index in [1.54, 1.807) is 0 Å². The molecule has 0 aromatic heterocycles. The Kier molecular flexibility index (Phi) is 1.60. The van der Waals surface area contributed by atoms with Crippen molar-refractivity contribution < 1.29 is 4.79 Å². The lowest BCUT2D eigenvalue weighted by atomic mass is 10.1. The van der Waals surface area contributed by atoms with Crippen molar-refractivity contribution in [2.75, 3.05) is 6.54 Å². The van der Waals surface area contributed by atoms with Crippen LogP contribution in [-0.2, 0) is 4.79 Å². The van der Waals surface area contributed by atoms with Crippen molar-refractivity contribution in [2.24, 2.45) is 11.7 Å². The van der Waals surface area contributed by atoms with Crippen LogP contribution in [0.3, 0.4) is 0 Å². The molecule has 8 heavy (non-hydrogen) atoms. The summed E-state index contributed by atoms with van der Waals surface area (Å²) in [5.74, 6) is 0.0509. The molecule has 2 atom stereocenters. The summed E-state index contributed by atoms with van der Waals surface area (Å²) in [6, 6.07) is 0. The smallest absolute Gasteiger partial charge is 0.126 e. The number of hydrogen-bond acceptors (Lipinski definition) is 3. The highest BCUT2D eigenvalue weighted by atomic mass is 16.1. The van der Waals surface area contributed by atoms with Gasteiger partial charge in [0.05, 0.1) is 6.17 Å². The molecular weight excluding hydrogens is 104 g/mol. The van der Waals surface area contributed by atoms with Gasteiger partial charge < -0.3 is 15.8 Å². The Bertz CT molecular complexity index is 94.4. The van der Waals surface area contributed by atoms with E-state index in [4.69, 9.17) is 5.73 Å². The molecule has 1 fully saturated rings. The van der Waals surface area contributed by atoms with Crippen molar-refractivity contribution in [3.63, 3.8) is 0 Å². The van der Waals surface area contributed by atoms with Crippen LogP contribution in [-0.4, -0.2) is 19.0 Å². The van der Waals surface area contributed by atoms with E-state index in [1.165, 1.54) is 0 Å². The summed E-state index contributed by atoms with van der Waals surface area (Å²) in [6.45, 7) is 0.880. The third-order valence-electron chi connectivity index (χ3n) is 1.49. The van der Waals surface area contributed by atoms with Gasteiger partial charge in [0.1, 0.15) is 6.29 Å². The normalized spacial score (nSPS) is 37.6. The van der Waals surface area contributed by atoms with Gasteiger partial charge in [-0.05, 0) is 13.0 Å². The molecule has 3 N–H and O–H groups in total. The van der Waals surface area contributed by atoms with E-state index < -0.39 is 0 Å². The summed E-state index contributed by atoms with van der Waals surface area (Å²) in [5.41, 5.74) is 5.45. The molecule has 0 spiro atoms. The molecule has 0 bridgehead atoms. The summed E-state index contributed by atoms with van der Waals surface area (Å²) in [5, 5.41) is 2.97. The number of hydrogen-bond donors (Lipinski definition) is 2. The van der Waals surface area contributed by atoms with E-state index in [0.717, 1.165) is 19.3 Å². The van der Waals surface area contributed by atoms with Gasteiger partial charge in [-0.1, -0.05) is 0 Å². The monoisotopic (exact) mass is 114 g/mol. The predicted octanol–water partition coefficient (Wildman–Crippen LogP) is -0.920. The first-order valence-electron chi connectivity index (χ1n) is 2.79. The van der Waals surface area contributed by atoms with E-state index in [0.29, 0.717) is 0 Å². The third-order valence-corrected chi connectivity index (χ3v) is 1.49. The van der Waals surface area contributed by atoms with E-state index >= 15 is 0 Å². The fourth-order valence-corrected chi connectivity index (χ4v) is 0.900. The van der Waals surface area contributed by atoms with Crippen molar-refractivity contribution >= 4 is 6.29 Å². The number of aldehydes is 1. The quantitative estimate of drug-likeness (QED) is 0.433. The molecule has 1 aliphatic heterocycles. The minimum atomic E-state index is -0.0903. The Labute approximate surface area is 48.2 Å². The van der Waals surface area contributed by atoms with Crippen LogP contribution in [0.5, 0.6) is 0 Å². The first kappa shape index (κ1) is 5.72. The fraction of sp³-hybridized carbons (Fsp3) is 0.800. The standard InChI is InChI=1S/C5H10N2O/c6-5-4(3-8)1-2-7-5/h3-5,7H,1-2,6H2. The molecule has 3 nitrogen and oxygen atoms in total. The van der Waals surface area contributed by atoms with Crippen LogP contribution in [0.15, 0.2) is 0 Å². The highest BCUT2D eigenvalue weighted by Gasteiger charge is 2.21. The second kappa shape index (κ2) is 2.24.